The van der Waals surface area contributed by atoms with Crippen molar-refractivity contribution >= 4 is 22.9 Å². The van der Waals surface area contributed by atoms with Crippen molar-refractivity contribution in [2.24, 2.45) is 0 Å². The van der Waals surface area contributed by atoms with Crippen molar-refractivity contribution in [3.8, 4) is 10.8 Å². The molecule has 0 spiro atoms. The maximum atomic E-state index is 11.9. The average Bonchev–Trinajstić information content (AvgIpc) is 3.36. The third-order valence-corrected chi connectivity index (χ3v) is 5.22. The zero-order chi connectivity index (χ0) is 17.1. The second-order valence-electron chi connectivity index (χ2n) is 6.03. The van der Waals surface area contributed by atoms with Crippen LogP contribution in [-0.2, 0) is 17.9 Å². The summed E-state index contributed by atoms with van der Waals surface area (Å²) in [6.45, 7) is 2.33. The van der Waals surface area contributed by atoms with Crippen molar-refractivity contribution in [1.29, 1.82) is 0 Å². The lowest BCUT2D eigenvalue weighted by molar-refractivity contribution is -0.117. The van der Waals surface area contributed by atoms with Crippen LogP contribution in [0.2, 0.25) is 0 Å². The molecule has 0 saturated carbocycles. The van der Waals surface area contributed by atoms with E-state index in [9.17, 15) is 4.79 Å². The average molecular weight is 353 g/mol. The summed E-state index contributed by atoms with van der Waals surface area (Å²) in [5, 5.41) is 4.34. The first-order chi connectivity index (χ1) is 12.3. The van der Waals surface area contributed by atoms with Crippen LogP contribution in [0.4, 0.5) is 5.69 Å². The third kappa shape index (κ3) is 3.65. The number of thiazole rings is 1. The predicted octanol–water partition coefficient (Wildman–Crippen LogP) is 3.82. The SMILES string of the molecule is O=C1CCCN1c1cccc(CNCc2cnc(-c3ccco3)s2)c1. The fourth-order valence-electron chi connectivity index (χ4n) is 2.99. The largest absolute Gasteiger partial charge is 0.462 e. The second kappa shape index (κ2) is 7.21. The minimum absolute atomic E-state index is 0.222. The Morgan fingerprint density at radius 1 is 1.24 bits per heavy atom. The van der Waals surface area contributed by atoms with Gasteiger partial charge in [-0.1, -0.05) is 12.1 Å². The van der Waals surface area contributed by atoms with Crippen LogP contribution in [0.1, 0.15) is 23.3 Å². The Bertz CT molecular complexity index is 857. The molecule has 5 nitrogen and oxygen atoms in total. The summed E-state index contributed by atoms with van der Waals surface area (Å²) >= 11 is 1.63. The highest BCUT2D eigenvalue weighted by molar-refractivity contribution is 7.14. The van der Waals surface area contributed by atoms with Crippen molar-refractivity contribution in [3.63, 3.8) is 0 Å². The van der Waals surface area contributed by atoms with Gasteiger partial charge in [0.2, 0.25) is 5.91 Å². The first kappa shape index (κ1) is 16.1. The standard InChI is InChI=1S/C19H19N3O2S/c23-18-7-2-8-22(18)15-5-1-4-14(10-15)11-20-12-16-13-21-19(25-16)17-6-3-9-24-17/h1,3-6,9-10,13,20H,2,7-8,11-12H2. The number of nitrogens with zero attached hydrogens (tertiary/aromatic N) is 2. The van der Waals surface area contributed by atoms with Gasteiger partial charge in [-0.05, 0) is 36.2 Å². The van der Waals surface area contributed by atoms with Gasteiger partial charge in [0.15, 0.2) is 10.8 Å². The minimum Gasteiger partial charge on any atom is -0.462 e. The Balaban J connectivity index is 1.35. The quantitative estimate of drug-likeness (QED) is 0.732. The van der Waals surface area contributed by atoms with Crippen LogP contribution >= 0.6 is 11.3 Å². The molecular weight excluding hydrogens is 334 g/mol. The number of carbonyl (C=O) groups excluding carboxylic acids is 1. The molecule has 0 unspecified atom stereocenters. The zero-order valence-electron chi connectivity index (χ0n) is 13.8. The monoisotopic (exact) mass is 353 g/mol. The number of aromatic nitrogens is 1. The predicted molar refractivity (Wildman–Crippen MR) is 98.4 cm³/mol. The number of benzene rings is 1. The molecule has 6 heteroatoms. The molecular formula is C19H19N3O2S. The van der Waals surface area contributed by atoms with Gasteiger partial charge in [-0.2, -0.15) is 0 Å². The van der Waals surface area contributed by atoms with Crippen LogP contribution in [0, 0.1) is 0 Å². The normalized spacial score (nSPS) is 14.4. The number of anilines is 1. The summed E-state index contributed by atoms with van der Waals surface area (Å²) in [5.74, 6) is 1.03. The summed E-state index contributed by atoms with van der Waals surface area (Å²) < 4.78 is 5.37. The van der Waals surface area contributed by atoms with Gasteiger partial charge >= 0.3 is 0 Å². The Labute approximate surface area is 150 Å². The summed E-state index contributed by atoms with van der Waals surface area (Å²) in [7, 11) is 0. The first-order valence-corrected chi connectivity index (χ1v) is 9.20. The van der Waals surface area contributed by atoms with E-state index in [1.165, 1.54) is 5.56 Å². The van der Waals surface area contributed by atoms with Crippen LogP contribution in [0.3, 0.4) is 0 Å². The van der Waals surface area contributed by atoms with Gasteiger partial charge in [-0.25, -0.2) is 4.98 Å². The topological polar surface area (TPSA) is 58.4 Å². The molecule has 25 heavy (non-hydrogen) atoms. The lowest BCUT2D eigenvalue weighted by Gasteiger charge is -2.16. The molecule has 1 aliphatic rings. The van der Waals surface area contributed by atoms with Crippen LogP contribution in [0.5, 0.6) is 0 Å². The highest BCUT2D eigenvalue weighted by atomic mass is 32.1. The van der Waals surface area contributed by atoms with Gasteiger partial charge in [-0.15, -0.1) is 11.3 Å². The maximum Gasteiger partial charge on any atom is 0.227 e. The van der Waals surface area contributed by atoms with Crippen molar-refractivity contribution < 1.29 is 9.21 Å². The van der Waals surface area contributed by atoms with Gasteiger partial charge in [0, 0.05) is 42.8 Å². The van der Waals surface area contributed by atoms with E-state index in [0.29, 0.717) is 6.42 Å². The molecule has 0 bridgehead atoms. The Morgan fingerprint density at radius 3 is 3.00 bits per heavy atom. The maximum absolute atomic E-state index is 11.9. The van der Waals surface area contributed by atoms with E-state index in [1.807, 2.05) is 35.4 Å². The number of hydrogen-bond donors (Lipinski definition) is 1. The molecule has 1 N–H and O–H groups in total. The van der Waals surface area contributed by atoms with Crippen molar-refractivity contribution in [3.05, 3.63) is 59.3 Å². The lowest BCUT2D eigenvalue weighted by Crippen LogP contribution is -2.23. The molecule has 0 atom stereocenters. The number of rotatable bonds is 6. The van der Waals surface area contributed by atoms with Crippen molar-refractivity contribution in [2.45, 2.75) is 25.9 Å². The molecule has 1 saturated heterocycles. The van der Waals surface area contributed by atoms with E-state index < -0.39 is 0 Å². The molecule has 128 valence electrons. The molecule has 0 aliphatic carbocycles. The lowest BCUT2D eigenvalue weighted by atomic mass is 10.2. The molecule has 1 aliphatic heterocycles. The molecule has 2 aromatic heterocycles. The highest BCUT2D eigenvalue weighted by Crippen LogP contribution is 2.25. The first-order valence-electron chi connectivity index (χ1n) is 8.38. The molecule has 1 fully saturated rings. The number of furan rings is 1. The third-order valence-electron chi connectivity index (χ3n) is 4.21. The number of hydrogen-bond acceptors (Lipinski definition) is 5. The van der Waals surface area contributed by atoms with E-state index in [2.05, 4.69) is 22.4 Å². The molecule has 1 aromatic carbocycles. The summed E-state index contributed by atoms with van der Waals surface area (Å²) in [4.78, 5) is 19.3. The van der Waals surface area contributed by atoms with Crippen molar-refractivity contribution in [2.75, 3.05) is 11.4 Å². The van der Waals surface area contributed by atoms with E-state index in [4.69, 9.17) is 4.42 Å². The van der Waals surface area contributed by atoms with Gasteiger partial charge in [-0.3, -0.25) is 4.79 Å². The van der Waals surface area contributed by atoms with Gasteiger partial charge in [0.05, 0.1) is 6.26 Å². The number of nitrogens with one attached hydrogen (secondary N) is 1. The fraction of sp³-hybridized carbons (Fsp3) is 0.263. The van der Waals surface area contributed by atoms with E-state index in [0.717, 1.165) is 47.4 Å². The Morgan fingerprint density at radius 2 is 2.20 bits per heavy atom. The second-order valence-corrected chi connectivity index (χ2v) is 7.15. The van der Waals surface area contributed by atoms with Crippen molar-refractivity contribution in [1.82, 2.24) is 10.3 Å². The summed E-state index contributed by atoms with van der Waals surface area (Å²) in [6.07, 6.45) is 5.15. The smallest absolute Gasteiger partial charge is 0.227 e. The summed E-state index contributed by atoms with van der Waals surface area (Å²) in [6, 6.07) is 12.0. The Hall–Kier alpha value is -2.44. The fourth-order valence-corrected chi connectivity index (χ4v) is 3.84. The molecule has 3 aromatic rings. The number of carbonyl (C=O) groups is 1. The van der Waals surface area contributed by atoms with Crippen LogP contribution in [-0.4, -0.2) is 17.4 Å². The van der Waals surface area contributed by atoms with Gasteiger partial charge in [0.1, 0.15) is 0 Å². The van der Waals surface area contributed by atoms with Gasteiger partial charge in [0.25, 0.3) is 0 Å². The molecule has 0 radical (unpaired) electrons. The molecule has 1 amide bonds. The zero-order valence-corrected chi connectivity index (χ0v) is 14.6. The Kier molecular flexibility index (Phi) is 4.63. The molecule has 4 rings (SSSR count). The number of amides is 1. The van der Waals surface area contributed by atoms with Gasteiger partial charge < -0.3 is 14.6 Å². The van der Waals surface area contributed by atoms with E-state index in [1.54, 1.807) is 17.6 Å². The van der Waals surface area contributed by atoms with Crippen LogP contribution < -0.4 is 10.2 Å². The molecule has 3 heterocycles. The highest BCUT2D eigenvalue weighted by Gasteiger charge is 2.21. The minimum atomic E-state index is 0.222. The van der Waals surface area contributed by atoms with E-state index >= 15 is 0 Å². The van der Waals surface area contributed by atoms with E-state index in [-0.39, 0.29) is 5.91 Å². The van der Waals surface area contributed by atoms with Crippen LogP contribution in [0.15, 0.2) is 53.3 Å². The summed E-state index contributed by atoms with van der Waals surface area (Å²) in [5.41, 5.74) is 2.17. The van der Waals surface area contributed by atoms with Crippen LogP contribution in [0.25, 0.3) is 10.8 Å².